The smallest absolute Gasteiger partial charge is 0.222 e. The summed E-state index contributed by atoms with van der Waals surface area (Å²) in [6.07, 6.45) is 2.27. The third-order valence-electron chi connectivity index (χ3n) is 4.69. The minimum absolute atomic E-state index is 0.160. The molecule has 1 aliphatic rings. The zero-order valence-electron chi connectivity index (χ0n) is 14.0. The van der Waals surface area contributed by atoms with Crippen LogP contribution in [0.2, 0.25) is 0 Å². The minimum Gasteiger partial charge on any atom is -0.393 e. The molecule has 0 atom stereocenters. The van der Waals surface area contributed by atoms with Crippen LogP contribution in [-0.4, -0.2) is 49.7 Å². The number of carbonyl (C=O) groups is 1. The van der Waals surface area contributed by atoms with Crippen LogP contribution in [-0.2, 0) is 11.2 Å². The van der Waals surface area contributed by atoms with Crippen molar-refractivity contribution in [3.8, 4) is 0 Å². The summed E-state index contributed by atoms with van der Waals surface area (Å²) in [7, 11) is 0. The van der Waals surface area contributed by atoms with Crippen molar-refractivity contribution in [1.82, 2.24) is 19.5 Å². The summed E-state index contributed by atoms with van der Waals surface area (Å²) in [5.41, 5.74) is 4.93. The maximum Gasteiger partial charge on any atom is 0.222 e. The standard InChI is InChI=1S/C17H24N4O2/c1-11-10-16-18-12(2)15(13(3)21(16)19-11)4-5-17(23)20-8-6-14(22)7-9-20/h10,14,22H,4-9H2,1-3H3. The number of amides is 1. The number of carbonyl (C=O) groups excluding carboxylic acids is 1. The van der Waals surface area contributed by atoms with Gasteiger partial charge in [-0.3, -0.25) is 4.79 Å². The predicted octanol–water partition coefficient (Wildman–Crippen LogP) is 1.57. The molecule has 0 unspecified atom stereocenters. The molecule has 0 radical (unpaired) electrons. The van der Waals surface area contributed by atoms with Crippen LogP contribution in [0.3, 0.4) is 0 Å². The van der Waals surface area contributed by atoms with E-state index in [1.54, 1.807) is 0 Å². The average Bonchev–Trinajstić information content (AvgIpc) is 2.88. The molecular formula is C17H24N4O2. The fourth-order valence-electron chi connectivity index (χ4n) is 3.31. The van der Waals surface area contributed by atoms with Gasteiger partial charge < -0.3 is 10.0 Å². The molecule has 0 aromatic carbocycles. The van der Waals surface area contributed by atoms with E-state index >= 15 is 0 Å². The normalized spacial score (nSPS) is 16.3. The zero-order valence-corrected chi connectivity index (χ0v) is 14.0. The summed E-state index contributed by atoms with van der Waals surface area (Å²) in [5.74, 6) is 0.160. The first-order valence-electron chi connectivity index (χ1n) is 8.24. The molecule has 0 bridgehead atoms. The van der Waals surface area contributed by atoms with Gasteiger partial charge in [0.05, 0.1) is 11.8 Å². The van der Waals surface area contributed by atoms with Gasteiger partial charge >= 0.3 is 0 Å². The van der Waals surface area contributed by atoms with Crippen LogP contribution >= 0.6 is 0 Å². The molecule has 1 fully saturated rings. The highest BCUT2D eigenvalue weighted by molar-refractivity contribution is 5.76. The summed E-state index contributed by atoms with van der Waals surface area (Å²) in [6.45, 7) is 7.30. The molecule has 6 heteroatoms. The molecule has 1 aliphatic heterocycles. The van der Waals surface area contributed by atoms with Gasteiger partial charge in [-0.15, -0.1) is 0 Å². The Kier molecular flexibility index (Phi) is 4.35. The molecule has 2 aromatic rings. The molecule has 1 amide bonds. The van der Waals surface area contributed by atoms with Crippen LogP contribution in [0, 0.1) is 20.8 Å². The van der Waals surface area contributed by atoms with Crippen molar-refractivity contribution in [2.75, 3.05) is 13.1 Å². The van der Waals surface area contributed by atoms with E-state index in [4.69, 9.17) is 0 Å². The summed E-state index contributed by atoms with van der Waals surface area (Å²) in [5, 5.41) is 14.0. The lowest BCUT2D eigenvalue weighted by Crippen LogP contribution is -2.40. The largest absolute Gasteiger partial charge is 0.393 e. The van der Waals surface area contributed by atoms with Gasteiger partial charge in [-0.2, -0.15) is 5.10 Å². The van der Waals surface area contributed by atoms with Gasteiger partial charge in [0.1, 0.15) is 0 Å². The molecule has 3 heterocycles. The fourth-order valence-corrected chi connectivity index (χ4v) is 3.31. The Labute approximate surface area is 136 Å². The molecule has 0 saturated carbocycles. The highest BCUT2D eigenvalue weighted by Gasteiger charge is 2.21. The zero-order chi connectivity index (χ0) is 16.6. The molecule has 124 valence electrons. The van der Waals surface area contributed by atoms with Crippen LogP contribution in [0.1, 0.15) is 41.9 Å². The fraction of sp³-hybridized carbons (Fsp3) is 0.588. The number of piperidine rings is 1. The highest BCUT2D eigenvalue weighted by atomic mass is 16.3. The first-order chi connectivity index (χ1) is 11.0. The van der Waals surface area contributed by atoms with E-state index in [0.717, 1.165) is 28.3 Å². The Balaban J connectivity index is 1.73. The van der Waals surface area contributed by atoms with Crippen LogP contribution < -0.4 is 0 Å². The Morgan fingerprint density at radius 1 is 1.30 bits per heavy atom. The van der Waals surface area contributed by atoms with E-state index in [2.05, 4.69) is 10.1 Å². The highest BCUT2D eigenvalue weighted by Crippen LogP contribution is 2.18. The van der Waals surface area contributed by atoms with E-state index in [1.165, 1.54) is 0 Å². The van der Waals surface area contributed by atoms with Gasteiger partial charge in [0.2, 0.25) is 5.91 Å². The maximum absolute atomic E-state index is 12.4. The molecule has 1 saturated heterocycles. The number of aryl methyl sites for hydroxylation is 3. The number of aliphatic hydroxyl groups excluding tert-OH is 1. The second-order valence-electron chi connectivity index (χ2n) is 6.43. The van der Waals surface area contributed by atoms with Gasteiger partial charge in [-0.1, -0.05) is 0 Å². The van der Waals surface area contributed by atoms with Crippen molar-refractivity contribution in [1.29, 1.82) is 0 Å². The summed E-state index contributed by atoms with van der Waals surface area (Å²) >= 11 is 0. The molecule has 0 spiro atoms. The maximum atomic E-state index is 12.4. The number of hydrogen-bond acceptors (Lipinski definition) is 4. The monoisotopic (exact) mass is 316 g/mol. The van der Waals surface area contributed by atoms with Crippen molar-refractivity contribution in [3.05, 3.63) is 28.7 Å². The quantitative estimate of drug-likeness (QED) is 0.933. The topological polar surface area (TPSA) is 70.7 Å². The summed E-state index contributed by atoms with van der Waals surface area (Å²) in [4.78, 5) is 18.8. The molecule has 0 aliphatic carbocycles. The van der Waals surface area contributed by atoms with Crippen molar-refractivity contribution in [2.45, 2.75) is 52.6 Å². The Hall–Kier alpha value is -1.95. The van der Waals surface area contributed by atoms with E-state index in [1.807, 2.05) is 36.3 Å². The minimum atomic E-state index is -0.252. The third-order valence-corrected chi connectivity index (χ3v) is 4.69. The van der Waals surface area contributed by atoms with Gasteiger partial charge in [-0.05, 0) is 45.6 Å². The van der Waals surface area contributed by atoms with Gasteiger partial charge in [0.25, 0.3) is 0 Å². The number of fused-ring (bicyclic) bond motifs is 1. The number of likely N-dealkylation sites (tertiary alicyclic amines) is 1. The number of nitrogens with zero attached hydrogens (tertiary/aromatic N) is 4. The van der Waals surface area contributed by atoms with E-state index < -0.39 is 0 Å². The second kappa shape index (κ2) is 6.28. The van der Waals surface area contributed by atoms with E-state index in [0.29, 0.717) is 38.8 Å². The number of hydrogen-bond donors (Lipinski definition) is 1. The Morgan fingerprint density at radius 2 is 2.00 bits per heavy atom. The van der Waals surface area contributed by atoms with E-state index in [9.17, 15) is 9.90 Å². The first kappa shape index (κ1) is 15.9. The van der Waals surface area contributed by atoms with Crippen molar-refractivity contribution >= 4 is 11.6 Å². The molecule has 6 nitrogen and oxygen atoms in total. The second-order valence-corrected chi connectivity index (χ2v) is 6.43. The van der Waals surface area contributed by atoms with Crippen molar-refractivity contribution < 1.29 is 9.90 Å². The molecule has 1 N–H and O–H groups in total. The number of aliphatic hydroxyl groups is 1. The first-order valence-corrected chi connectivity index (χ1v) is 8.24. The molecule has 2 aromatic heterocycles. The van der Waals surface area contributed by atoms with Crippen molar-refractivity contribution in [3.63, 3.8) is 0 Å². The average molecular weight is 316 g/mol. The van der Waals surface area contributed by atoms with E-state index in [-0.39, 0.29) is 12.0 Å². The number of aromatic nitrogens is 3. The lowest BCUT2D eigenvalue weighted by atomic mass is 10.0. The summed E-state index contributed by atoms with van der Waals surface area (Å²) < 4.78 is 1.86. The predicted molar refractivity (Wildman–Crippen MR) is 87.3 cm³/mol. The van der Waals surface area contributed by atoms with Gasteiger partial charge in [-0.25, -0.2) is 9.50 Å². The van der Waals surface area contributed by atoms with Crippen LogP contribution in [0.15, 0.2) is 6.07 Å². The van der Waals surface area contributed by atoms with Crippen LogP contribution in [0.5, 0.6) is 0 Å². The van der Waals surface area contributed by atoms with Gasteiger partial charge in [0.15, 0.2) is 5.65 Å². The molecule has 3 rings (SSSR count). The SMILES string of the molecule is Cc1cc2nc(C)c(CCC(=O)N3CCC(O)CC3)c(C)n2n1. The van der Waals surface area contributed by atoms with Gasteiger partial charge in [0, 0.05) is 37.0 Å². The lowest BCUT2D eigenvalue weighted by molar-refractivity contribution is -0.133. The number of rotatable bonds is 3. The van der Waals surface area contributed by atoms with Crippen LogP contribution in [0.25, 0.3) is 5.65 Å². The van der Waals surface area contributed by atoms with Crippen LogP contribution in [0.4, 0.5) is 0 Å². The van der Waals surface area contributed by atoms with Crippen molar-refractivity contribution in [2.24, 2.45) is 0 Å². The lowest BCUT2D eigenvalue weighted by Gasteiger charge is -2.29. The third kappa shape index (κ3) is 3.22. The molecular weight excluding hydrogens is 292 g/mol. The summed E-state index contributed by atoms with van der Waals surface area (Å²) in [6, 6.07) is 1.97. The Morgan fingerprint density at radius 3 is 2.70 bits per heavy atom. The molecule has 23 heavy (non-hydrogen) atoms. The Bertz CT molecular complexity index is 730.